The van der Waals surface area contributed by atoms with E-state index in [1.54, 1.807) is 96.0 Å². The van der Waals surface area contributed by atoms with E-state index in [-0.39, 0.29) is 88.5 Å². The molecular weight excluding hydrogens is 1310 g/mol. The lowest BCUT2D eigenvalue weighted by atomic mass is 9.87. The van der Waals surface area contributed by atoms with Gasteiger partial charge in [0.05, 0.1) is 76.0 Å². The number of ether oxygens (including phenoxy) is 13. The van der Waals surface area contributed by atoms with Gasteiger partial charge in [-0.05, 0) is 159 Å². The van der Waals surface area contributed by atoms with E-state index in [0.717, 1.165) is 67.1 Å². The third-order valence-electron chi connectivity index (χ3n) is 18.6. The Bertz CT molecular complexity index is 4300. The normalized spacial score (nSPS) is 18.4. The van der Waals surface area contributed by atoms with Gasteiger partial charge in [0.2, 0.25) is 5.75 Å². The van der Waals surface area contributed by atoms with Gasteiger partial charge in [0.15, 0.2) is 104 Å². The molecule has 8 unspecified atom stereocenters. The van der Waals surface area contributed by atoms with Gasteiger partial charge in [-0.15, -0.1) is 0 Å². The number of hydrogen-bond donors (Lipinski definition) is 6. The third-order valence-corrected chi connectivity index (χ3v) is 18.6. The largest absolute Gasteiger partial charge is 0.504 e. The highest BCUT2D eigenvalue weighted by Gasteiger charge is 2.42. The molecule has 0 saturated carbocycles. The van der Waals surface area contributed by atoms with Crippen LogP contribution in [0.25, 0.3) is 11.6 Å². The summed E-state index contributed by atoms with van der Waals surface area (Å²) >= 11 is 0. The molecule has 12 rings (SSSR count). The Morgan fingerprint density at radius 2 is 0.853 bits per heavy atom. The van der Waals surface area contributed by atoms with Gasteiger partial charge >= 0.3 is 0 Å². The van der Waals surface area contributed by atoms with Gasteiger partial charge in [-0.25, -0.2) is 0 Å². The number of aromatic hydroxyl groups is 5. The Labute approximate surface area is 594 Å². The van der Waals surface area contributed by atoms with Crippen molar-refractivity contribution < 1.29 is 102 Å². The zero-order chi connectivity index (χ0) is 74.1. The zero-order valence-corrected chi connectivity index (χ0v) is 60.3. The number of allylic oxidation sites excluding steroid dienone is 1. The van der Waals surface area contributed by atoms with Crippen LogP contribution in [0, 0.1) is 6.92 Å². The van der Waals surface area contributed by atoms with Crippen LogP contribution in [-0.4, -0.2) is 119 Å². The summed E-state index contributed by atoms with van der Waals surface area (Å²) in [5.74, 6) is 5.64. The summed E-state index contributed by atoms with van der Waals surface area (Å²) in [5.41, 5.74) is 11.9. The van der Waals surface area contributed by atoms with Gasteiger partial charge in [0, 0.05) is 63.3 Å². The first kappa shape index (κ1) is 75.3. The van der Waals surface area contributed by atoms with Crippen LogP contribution in [0.4, 0.5) is 0 Å². The van der Waals surface area contributed by atoms with Crippen LogP contribution < -0.4 is 56.8 Å². The molecule has 4 aliphatic heterocycles. The fourth-order valence-corrected chi connectivity index (χ4v) is 13.4. The second-order valence-corrected chi connectivity index (χ2v) is 24.9. The van der Waals surface area contributed by atoms with Crippen LogP contribution in [0.2, 0.25) is 0 Å². The van der Waals surface area contributed by atoms with Gasteiger partial charge in [0.1, 0.15) is 24.4 Å². The van der Waals surface area contributed by atoms with E-state index in [1.165, 1.54) is 41.4 Å². The quantitative estimate of drug-likeness (QED) is 0.0235. The summed E-state index contributed by atoms with van der Waals surface area (Å²) in [6.45, 7) is 20.1. The molecule has 0 radical (unpaired) electrons. The van der Waals surface area contributed by atoms with Crippen molar-refractivity contribution in [3.05, 3.63) is 194 Å². The highest BCUT2D eigenvalue weighted by atomic mass is 16.5. The fraction of sp³-hybridized carbons (Fsp3) is 0.333. The van der Waals surface area contributed by atoms with Crippen LogP contribution in [0.15, 0.2) is 122 Å². The SMILES string of the molecule is C=C(C)c1ccc(OC)c2c1C(C)C(c1ccc(O)c(OC)c1)O2.CCOC/C=C/c1cc(OC)c2c(c1)C(CO)C(c1ccc(O)c(OC)c1)O2.COc1cc(C2Oc3c(OC)ccc(C(C)=O)c3C2C)cc(C)c1O.COc1cc(C2Oc3c(OC)ccc(C(C)=O)c3C2C)cc(O)c1O. The fourth-order valence-electron chi connectivity index (χ4n) is 13.4. The van der Waals surface area contributed by atoms with Gasteiger partial charge in [-0.1, -0.05) is 63.3 Å². The Morgan fingerprint density at radius 3 is 1.28 bits per heavy atom. The number of aliphatic hydroxyl groups is 1. The summed E-state index contributed by atoms with van der Waals surface area (Å²) in [4.78, 5) is 24.0. The molecule has 0 saturated heterocycles. The average molecular weight is 1400 g/mol. The predicted octanol–water partition coefficient (Wildman–Crippen LogP) is 16.1. The number of fused-ring (bicyclic) bond motifs is 4. The number of aryl methyl sites for hydroxylation is 1. The molecule has 21 heteroatoms. The van der Waals surface area contributed by atoms with Crippen molar-refractivity contribution in [3.8, 4) is 97.7 Å². The molecule has 102 heavy (non-hydrogen) atoms. The van der Waals surface area contributed by atoms with E-state index < -0.39 is 12.2 Å². The summed E-state index contributed by atoms with van der Waals surface area (Å²) in [6, 6.07) is 31.9. The van der Waals surface area contributed by atoms with E-state index >= 15 is 0 Å². The molecule has 0 bridgehead atoms. The Balaban J connectivity index is 0.000000158. The Hall–Kier alpha value is -10.9. The zero-order valence-electron chi connectivity index (χ0n) is 60.3. The molecule has 4 heterocycles. The van der Waals surface area contributed by atoms with Crippen LogP contribution >= 0.6 is 0 Å². The molecule has 0 aliphatic carbocycles. The maximum Gasteiger partial charge on any atom is 0.200 e. The molecule has 0 fully saturated rings. The van der Waals surface area contributed by atoms with Crippen LogP contribution in [0.1, 0.15) is 178 Å². The molecular formula is C81H90O21. The molecule has 0 amide bonds. The topological polar surface area (TPSA) is 276 Å². The summed E-state index contributed by atoms with van der Waals surface area (Å²) in [7, 11) is 12.3. The number of rotatable bonds is 20. The number of methoxy groups -OCH3 is 8. The minimum atomic E-state index is -0.454. The molecule has 6 N–H and O–H groups in total. The van der Waals surface area contributed by atoms with Crippen molar-refractivity contribution in [3.63, 3.8) is 0 Å². The number of carbonyl (C=O) groups is 2. The molecule has 540 valence electrons. The Morgan fingerprint density at radius 1 is 0.451 bits per heavy atom. The molecule has 4 aliphatic rings. The maximum atomic E-state index is 12.0. The highest BCUT2D eigenvalue weighted by Crippen LogP contribution is 2.57. The lowest BCUT2D eigenvalue weighted by Gasteiger charge is -2.18. The van der Waals surface area contributed by atoms with Crippen molar-refractivity contribution in [2.75, 3.05) is 76.7 Å². The summed E-state index contributed by atoms with van der Waals surface area (Å²) in [6.07, 6.45) is 2.57. The molecule has 0 spiro atoms. The lowest BCUT2D eigenvalue weighted by Crippen LogP contribution is -2.13. The number of ketones is 2. The maximum absolute atomic E-state index is 12.0. The molecule has 8 aromatic carbocycles. The molecule has 0 aromatic heterocycles. The monoisotopic (exact) mass is 1400 g/mol. The van der Waals surface area contributed by atoms with E-state index in [2.05, 4.69) is 13.5 Å². The highest BCUT2D eigenvalue weighted by molar-refractivity contribution is 5.98. The Kier molecular flexibility index (Phi) is 24.1. The van der Waals surface area contributed by atoms with Gasteiger partial charge in [-0.2, -0.15) is 0 Å². The van der Waals surface area contributed by atoms with Crippen molar-refractivity contribution in [2.24, 2.45) is 0 Å². The second-order valence-electron chi connectivity index (χ2n) is 24.9. The minimum Gasteiger partial charge on any atom is -0.504 e. The van der Waals surface area contributed by atoms with E-state index in [0.29, 0.717) is 87.2 Å². The van der Waals surface area contributed by atoms with Crippen LogP contribution in [0.5, 0.6) is 97.7 Å². The van der Waals surface area contributed by atoms with Crippen molar-refractivity contribution in [1.82, 2.24) is 0 Å². The lowest BCUT2D eigenvalue weighted by molar-refractivity contribution is 0.100. The minimum absolute atomic E-state index is 0.00512. The van der Waals surface area contributed by atoms with Crippen LogP contribution in [-0.2, 0) is 4.74 Å². The molecule has 8 atom stereocenters. The van der Waals surface area contributed by atoms with Gasteiger partial charge < -0.3 is 92.2 Å². The number of phenolic OH excluding ortho intramolecular Hbond substituents is 5. The number of hydrogen-bond acceptors (Lipinski definition) is 21. The summed E-state index contributed by atoms with van der Waals surface area (Å²) < 4.78 is 72.6. The number of carbonyl (C=O) groups excluding carboxylic acids is 2. The van der Waals surface area contributed by atoms with Crippen molar-refractivity contribution in [1.29, 1.82) is 0 Å². The number of Topliss-reactive ketones (excluding diaryl/α,β-unsaturated/α-hetero) is 2. The third kappa shape index (κ3) is 15.1. The predicted molar refractivity (Wildman–Crippen MR) is 386 cm³/mol. The molecule has 21 nitrogen and oxygen atoms in total. The van der Waals surface area contributed by atoms with Crippen molar-refractivity contribution in [2.45, 2.75) is 103 Å². The first-order valence-corrected chi connectivity index (χ1v) is 33.1. The summed E-state index contributed by atoms with van der Waals surface area (Å²) in [5, 5.41) is 59.6. The number of aliphatic hydroxyl groups excluding tert-OH is 1. The smallest absolute Gasteiger partial charge is 0.200 e. The average Bonchev–Trinajstić information content (AvgIpc) is 1.63. The first-order chi connectivity index (χ1) is 48.9. The first-order valence-electron chi connectivity index (χ1n) is 33.1. The van der Waals surface area contributed by atoms with E-state index in [9.17, 15) is 40.2 Å². The van der Waals surface area contributed by atoms with Crippen LogP contribution in [0.3, 0.4) is 0 Å². The van der Waals surface area contributed by atoms with E-state index in [1.807, 2.05) is 89.2 Å². The van der Waals surface area contributed by atoms with Gasteiger partial charge in [-0.3, -0.25) is 9.59 Å². The van der Waals surface area contributed by atoms with Gasteiger partial charge in [0.25, 0.3) is 0 Å². The standard InChI is InChI=1S/C22H26O6.C20H22O5.C20H22O4.C19H20O6/c1-4-27-9-5-6-14-10-16-17(13-23)21(28-22(16)20(11-14)26-3)15-7-8-18(24)19(12-15)25-2;1-10-8-13(9-16(24-5)18(10)22)19-11(2)17-14(12(3)21)6-7-15(23-4)20(17)25-19;1-11(2)14-7-9-16(22-4)20-18(14)12(3)19(24-20)13-6-8-15(21)17(10-13)23-5;1-9-16-12(10(2)20)5-6-14(23-3)19(16)25-18(9)11-7-13(21)17(22)15(8-11)24-4/h5-8,10-12,17,21,23-24H,4,9,13H2,1-3H3;6-9,11,19,22H,1-5H3;6-10,12,19,21H,1H2,2-5H3;5-9,18,21-22H,1-4H3/b6-5+;;;. The number of phenols is 5. The second kappa shape index (κ2) is 32.6. The number of benzene rings is 8. The van der Waals surface area contributed by atoms with E-state index in [4.69, 9.17) is 61.6 Å². The van der Waals surface area contributed by atoms with Crippen molar-refractivity contribution >= 4 is 23.2 Å². The molecule has 8 aromatic rings.